The summed E-state index contributed by atoms with van der Waals surface area (Å²) in [6.45, 7) is 12.9. The van der Waals surface area contributed by atoms with Crippen LogP contribution in [0.2, 0.25) is 0 Å². The standard InChI is InChI=1S/C51H77N9O12/c1-10-32(7)51(49(70)72-11-2)42(57-44(65)37(55-43(64)31(5)6)18-15-25-53-50(52)71)47(68)56-38(26-30(3)4)45(66)54-33(8)19-24-41(63)60(29-61)40(28-34-16-13-12-14-17-34)48(69)59(9)39(46(67)58-51)27-35-20-22-36(62)23-21-35/h12-14,16-17,20-23,29-33,37-42,62-63H,10-11,15,18-19,24-28H2,1-9H3,(H,54,66)(H,55,64)(H,56,68)(H,57,65)(H,58,67)(H3,52,53,71)/t32?,33?,37-,38-,39-,40-,41-,42?,51?/m0/s1. The predicted octanol–water partition coefficient (Wildman–Crippen LogP) is 1.52. The lowest BCUT2D eigenvalue weighted by Gasteiger charge is -2.44. The van der Waals surface area contributed by atoms with Gasteiger partial charge in [-0.15, -0.1) is 0 Å². The highest BCUT2D eigenvalue weighted by Gasteiger charge is 2.57. The van der Waals surface area contributed by atoms with Crippen LogP contribution in [0.1, 0.15) is 105 Å². The van der Waals surface area contributed by atoms with Crippen molar-refractivity contribution in [1.82, 2.24) is 41.7 Å². The monoisotopic (exact) mass is 1010 g/mol. The van der Waals surface area contributed by atoms with Crippen LogP contribution in [0.3, 0.4) is 0 Å². The number of rotatable bonds is 19. The number of aliphatic hydroxyl groups excluding tert-OH is 1. The molecule has 0 bridgehead atoms. The zero-order valence-corrected chi connectivity index (χ0v) is 43.1. The van der Waals surface area contributed by atoms with Gasteiger partial charge in [-0.1, -0.05) is 90.4 Å². The van der Waals surface area contributed by atoms with Gasteiger partial charge in [0, 0.05) is 38.4 Å². The van der Waals surface area contributed by atoms with Gasteiger partial charge in [-0.05, 0) is 81.0 Å². The zero-order chi connectivity index (χ0) is 53.9. The highest BCUT2D eigenvalue weighted by atomic mass is 16.5. The van der Waals surface area contributed by atoms with Crippen molar-refractivity contribution in [3.63, 3.8) is 0 Å². The Morgan fingerprint density at radius 2 is 1.50 bits per heavy atom. The van der Waals surface area contributed by atoms with Crippen LogP contribution in [-0.4, -0.2) is 142 Å². The van der Waals surface area contributed by atoms with Crippen LogP contribution >= 0.6 is 0 Å². The number of amides is 9. The fourth-order valence-electron chi connectivity index (χ4n) is 8.54. The second-order valence-corrected chi connectivity index (χ2v) is 19.2. The molecule has 1 aliphatic rings. The summed E-state index contributed by atoms with van der Waals surface area (Å²) in [5.74, 6) is -8.25. The Balaban J connectivity index is 2.47. The molecule has 1 saturated heterocycles. The summed E-state index contributed by atoms with van der Waals surface area (Å²) in [7, 11) is 1.32. The number of primary amides is 1. The summed E-state index contributed by atoms with van der Waals surface area (Å²) in [6.07, 6.45) is -1.49. The van der Waals surface area contributed by atoms with Crippen LogP contribution < -0.4 is 37.6 Å². The first-order chi connectivity index (χ1) is 34.0. The molecule has 2 aromatic rings. The number of carbonyl (C=O) groups is 9. The molecule has 10 N–H and O–H groups in total. The third-order valence-corrected chi connectivity index (χ3v) is 12.9. The maximum absolute atomic E-state index is 15.6. The van der Waals surface area contributed by atoms with Crippen LogP contribution in [-0.2, 0) is 55.9 Å². The first-order valence-electron chi connectivity index (χ1n) is 24.7. The number of hydrogen-bond acceptors (Lipinski definition) is 12. The lowest BCUT2D eigenvalue weighted by atomic mass is 9.75. The second kappa shape index (κ2) is 28.3. The third kappa shape index (κ3) is 16.7. The van der Waals surface area contributed by atoms with Crippen molar-refractivity contribution in [2.24, 2.45) is 23.5 Å². The molecule has 398 valence electrons. The van der Waals surface area contributed by atoms with Crippen LogP contribution in [0.5, 0.6) is 5.75 Å². The van der Waals surface area contributed by atoms with Crippen molar-refractivity contribution in [2.45, 2.75) is 155 Å². The van der Waals surface area contributed by atoms with E-state index >= 15 is 19.2 Å². The first-order valence-corrected chi connectivity index (χ1v) is 24.7. The number of benzene rings is 2. The van der Waals surface area contributed by atoms with Gasteiger partial charge in [0.25, 0.3) is 0 Å². The Morgan fingerprint density at radius 3 is 2.07 bits per heavy atom. The normalized spacial score (nSPS) is 23.6. The maximum Gasteiger partial charge on any atom is 0.334 e. The number of aliphatic hydroxyl groups is 1. The van der Waals surface area contributed by atoms with E-state index in [0.29, 0.717) is 17.5 Å². The SMILES string of the molecule is CCOC(=O)C1(C(C)CC)NC(=O)[C@H](Cc2ccc(O)cc2)N(C)C(=O)[C@H](Cc2ccccc2)N(C=O)[C@@H](O)CCC(C)NC(=O)[C@H](CC(C)C)NC(=O)C1NC(=O)[C@H](CCCNC(N)=O)NC(=O)C(C)C. The fourth-order valence-corrected chi connectivity index (χ4v) is 8.54. The molecular formula is C51H77N9O12. The molecule has 0 spiro atoms. The van der Waals surface area contributed by atoms with Crippen molar-refractivity contribution in [1.29, 1.82) is 0 Å². The molecular weight excluding hydrogens is 931 g/mol. The minimum absolute atomic E-state index is 0.00507. The van der Waals surface area contributed by atoms with Crippen molar-refractivity contribution in [2.75, 3.05) is 20.2 Å². The number of nitrogens with one attached hydrogen (secondary N) is 6. The summed E-state index contributed by atoms with van der Waals surface area (Å²) >= 11 is 0. The lowest BCUT2D eigenvalue weighted by molar-refractivity contribution is -0.162. The van der Waals surface area contributed by atoms with Crippen LogP contribution in [0, 0.1) is 17.8 Å². The molecule has 0 aromatic heterocycles. The lowest BCUT2D eigenvalue weighted by Crippen LogP contribution is -2.76. The van der Waals surface area contributed by atoms with E-state index in [-0.39, 0.29) is 76.2 Å². The van der Waals surface area contributed by atoms with Crippen molar-refractivity contribution in [3.8, 4) is 5.75 Å². The molecule has 2 aromatic carbocycles. The molecule has 1 fully saturated rings. The molecule has 1 heterocycles. The molecule has 9 atom stereocenters. The van der Waals surface area contributed by atoms with Crippen LogP contribution in [0.4, 0.5) is 4.79 Å². The number of aromatic hydroxyl groups is 1. The largest absolute Gasteiger partial charge is 0.508 e. The fraction of sp³-hybridized carbons (Fsp3) is 0.588. The van der Waals surface area contributed by atoms with Gasteiger partial charge in [-0.25, -0.2) is 9.59 Å². The number of carbonyl (C=O) groups excluding carboxylic acids is 9. The van der Waals surface area contributed by atoms with Gasteiger partial charge >= 0.3 is 12.0 Å². The molecule has 0 radical (unpaired) electrons. The average Bonchev–Trinajstić information content (AvgIpc) is 3.33. The number of likely N-dealkylation sites (N-methyl/N-ethyl adjacent to an activating group) is 1. The number of esters is 1. The van der Waals surface area contributed by atoms with E-state index in [9.17, 15) is 34.2 Å². The van der Waals surface area contributed by atoms with E-state index in [1.54, 1.807) is 65.0 Å². The number of urea groups is 1. The van der Waals surface area contributed by atoms with E-state index in [4.69, 9.17) is 10.5 Å². The minimum atomic E-state index is -2.54. The maximum atomic E-state index is 15.6. The average molecular weight is 1010 g/mol. The second-order valence-electron chi connectivity index (χ2n) is 19.2. The highest BCUT2D eigenvalue weighted by molar-refractivity contribution is 6.02. The Labute approximate surface area is 422 Å². The van der Waals surface area contributed by atoms with Crippen molar-refractivity contribution >= 4 is 53.9 Å². The molecule has 0 aliphatic carbocycles. The minimum Gasteiger partial charge on any atom is -0.508 e. The predicted molar refractivity (Wildman–Crippen MR) is 267 cm³/mol. The Hall–Kier alpha value is -6.77. The van der Waals surface area contributed by atoms with Gasteiger partial charge in [0.1, 0.15) is 42.2 Å². The van der Waals surface area contributed by atoms with Crippen LogP contribution in [0.25, 0.3) is 0 Å². The third-order valence-electron chi connectivity index (χ3n) is 12.9. The first kappa shape index (κ1) is 59.5. The zero-order valence-electron chi connectivity index (χ0n) is 43.1. The Bertz CT molecular complexity index is 2160. The van der Waals surface area contributed by atoms with E-state index in [0.717, 1.165) is 9.80 Å². The smallest absolute Gasteiger partial charge is 0.334 e. The van der Waals surface area contributed by atoms with Crippen molar-refractivity contribution in [3.05, 3.63) is 65.7 Å². The van der Waals surface area contributed by atoms with E-state index in [1.165, 1.54) is 38.2 Å². The molecule has 3 rings (SSSR count). The number of phenols is 1. The summed E-state index contributed by atoms with van der Waals surface area (Å²) in [4.78, 5) is 130. The summed E-state index contributed by atoms with van der Waals surface area (Å²) in [5.41, 5.74) is 3.77. The molecule has 1 aliphatic heterocycles. The van der Waals surface area contributed by atoms with Gasteiger partial charge in [-0.3, -0.25) is 33.6 Å². The quantitative estimate of drug-likeness (QED) is 0.0550. The highest BCUT2D eigenvalue weighted by Crippen LogP contribution is 2.30. The summed E-state index contributed by atoms with van der Waals surface area (Å²) < 4.78 is 5.71. The summed E-state index contributed by atoms with van der Waals surface area (Å²) in [5, 5.41) is 38.1. The molecule has 21 nitrogen and oxygen atoms in total. The van der Waals surface area contributed by atoms with Gasteiger partial charge in [-0.2, -0.15) is 0 Å². The van der Waals surface area contributed by atoms with Gasteiger partial charge in [0.2, 0.25) is 41.9 Å². The Morgan fingerprint density at radius 1 is 0.875 bits per heavy atom. The van der Waals surface area contributed by atoms with Gasteiger partial charge < -0.3 is 62.4 Å². The molecule has 21 heteroatoms. The topological polar surface area (TPSA) is 308 Å². The van der Waals surface area contributed by atoms with E-state index < -0.39 is 107 Å². The molecule has 0 saturated carbocycles. The summed E-state index contributed by atoms with van der Waals surface area (Å²) in [6, 6.07) is 5.22. The van der Waals surface area contributed by atoms with E-state index in [1.807, 2.05) is 13.8 Å². The number of nitrogens with two attached hydrogens (primary N) is 1. The number of ether oxygens (including phenoxy) is 1. The molecule has 4 unspecified atom stereocenters. The number of phenolic OH excluding ortho intramolecular Hbond substituents is 1. The van der Waals surface area contributed by atoms with Crippen LogP contribution in [0.15, 0.2) is 54.6 Å². The van der Waals surface area contributed by atoms with Crippen molar-refractivity contribution < 1.29 is 58.1 Å². The van der Waals surface area contributed by atoms with E-state index in [2.05, 4.69) is 31.9 Å². The molecule has 72 heavy (non-hydrogen) atoms. The number of hydrogen-bond donors (Lipinski definition) is 9. The Kier molecular flexibility index (Phi) is 23.4. The van der Waals surface area contributed by atoms with Gasteiger partial charge in [0.15, 0.2) is 5.54 Å². The molecule has 9 amide bonds. The number of nitrogens with zero attached hydrogens (tertiary/aromatic N) is 2. The van der Waals surface area contributed by atoms with Gasteiger partial charge in [0.05, 0.1) is 6.61 Å².